The number of fused-ring (bicyclic) bond motifs is 8. The molecule has 0 radical (unpaired) electrons. The number of anilines is 3. The van der Waals surface area contributed by atoms with Crippen LogP contribution in [0, 0.1) is 0 Å². The van der Waals surface area contributed by atoms with E-state index in [1.807, 2.05) is 12.3 Å². The summed E-state index contributed by atoms with van der Waals surface area (Å²) in [6.07, 6.45) is 1.84. The SMILES string of the molecule is c1ccc(-c2nc3cc(N(c4ccccc4)c4ccccc4)ccc3c3c2c(-c2ccc4ccc5cccnc5c4n2)cc2ccccc23)cc1. The first-order chi connectivity index (χ1) is 25.3. The molecule has 0 aliphatic rings. The van der Waals surface area contributed by atoms with Gasteiger partial charge in [-0.2, -0.15) is 0 Å². The zero-order chi connectivity index (χ0) is 33.7. The Morgan fingerprint density at radius 1 is 0.412 bits per heavy atom. The van der Waals surface area contributed by atoms with Gasteiger partial charge in [-0.05, 0) is 65.4 Å². The van der Waals surface area contributed by atoms with Crippen LogP contribution in [0.15, 0.2) is 182 Å². The van der Waals surface area contributed by atoms with Gasteiger partial charge in [-0.3, -0.25) is 4.98 Å². The maximum Gasteiger partial charge on any atom is 0.0972 e. The molecule has 0 saturated carbocycles. The Bertz CT molecular complexity index is 2870. The van der Waals surface area contributed by atoms with Crippen LogP contribution in [0.3, 0.4) is 0 Å². The Hall–Kier alpha value is -6.91. The van der Waals surface area contributed by atoms with Crippen molar-refractivity contribution in [2.24, 2.45) is 0 Å². The Morgan fingerprint density at radius 3 is 1.82 bits per heavy atom. The molecular weight excluding hydrogens is 621 g/mol. The summed E-state index contributed by atoms with van der Waals surface area (Å²) in [7, 11) is 0. The van der Waals surface area contributed by atoms with Gasteiger partial charge in [-0.1, -0.05) is 121 Å². The number of rotatable bonds is 5. The van der Waals surface area contributed by atoms with E-state index in [4.69, 9.17) is 15.0 Å². The average molecular weight is 651 g/mol. The fraction of sp³-hybridized carbons (Fsp3) is 0. The van der Waals surface area contributed by atoms with E-state index < -0.39 is 0 Å². The summed E-state index contributed by atoms with van der Waals surface area (Å²) in [6, 6.07) is 61.8. The lowest BCUT2D eigenvalue weighted by molar-refractivity contribution is 1.28. The second-order valence-electron chi connectivity index (χ2n) is 12.8. The molecule has 10 rings (SSSR count). The molecule has 0 spiro atoms. The van der Waals surface area contributed by atoms with Crippen LogP contribution in [-0.2, 0) is 0 Å². The van der Waals surface area contributed by atoms with Crippen molar-refractivity contribution in [3.63, 3.8) is 0 Å². The monoisotopic (exact) mass is 650 g/mol. The Kier molecular flexibility index (Phi) is 6.78. The lowest BCUT2D eigenvalue weighted by atomic mass is 9.90. The number of benzene rings is 7. The highest BCUT2D eigenvalue weighted by atomic mass is 15.1. The minimum absolute atomic E-state index is 0.894. The van der Waals surface area contributed by atoms with Crippen LogP contribution in [0.2, 0.25) is 0 Å². The predicted molar refractivity (Wildman–Crippen MR) is 213 cm³/mol. The molecule has 0 N–H and O–H groups in total. The van der Waals surface area contributed by atoms with Crippen LogP contribution in [0.5, 0.6) is 0 Å². The van der Waals surface area contributed by atoms with Gasteiger partial charge < -0.3 is 4.90 Å². The van der Waals surface area contributed by atoms with E-state index in [1.165, 1.54) is 10.8 Å². The number of hydrogen-bond donors (Lipinski definition) is 0. The third kappa shape index (κ3) is 4.88. The van der Waals surface area contributed by atoms with E-state index in [9.17, 15) is 0 Å². The summed E-state index contributed by atoms with van der Waals surface area (Å²) in [5, 5.41) is 7.83. The van der Waals surface area contributed by atoms with Gasteiger partial charge in [0.15, 0.2) is 0 Å². The highest BCUT2D eigenvalue weighted by Crippen LogP contribution is 2.44. The van der Waals surface area contributed by atoms with E-state index in [1.54, 1.807) is 0 Å². The third-order valence-corrected chi connectivity index (χ3v) is 9.81. The topological polar surface area (TPSA) is 41.9 Å². The molecule has 3 aromatic heterocycles. The highest BCUT2D eigenvalue weighted by molar-refractivity contribution is 6.26. The molecule has 238 valence electrons. The van der Waals surface area contributed by atoms with E-state index in [-0.39, 0.29) is 0 Å². The van der Waals surface area contributed by atoms with Crippen molar-refractivity contribution in [1.82, 2.24) is 15.0 Å². The smallest absolute Gasteiger partial charge is 0.0972 e. The minimum atomic E-state index is 0.894. The Labute approximate surface area is 294 Å². The molecule has 0 fully saturated rings. The van der Waals surface area contributed by atoms with Crippen LogP contribution in [-0.4, -0.2) is 15.0 Å². The fourth-order valence-corrected chi connectivity index (χ4v) is 7.49. The van der Waals surface area contributed by atoms with Gasteiger partial charge in [0, 0.05) is 61.3 Å². The summed E-state index contributed by atoms with van der Waals surface area (Å²) in [5.41, 5.74) is 9.88. The van der Waals surface area contributed by atoms with Crippen molar-refractivity contribution >= 4 is 71.3 Å². The molecule has 51 heavy (non-hydrogen) atoms. The molecule has 3 heterocycles. The summed E-state index contributed by atoms with van der Waals surface area (Å²) >= 11 is 0. The van der Waals surface area contributed by atoms with E-state index in [0.29, 0.717) is 0 Å². The zero-order valence-electron chi connectivity index (χ0n) is 27.6. The van der Waals surface area contributed by atoms with Crippen LogP contribution in [0.1, 0.15) is 0 Å². The average Bonchev–Trinajstić information content (AvgIpc) is 3.21. The molecule has 0 saturated heterocycles. The van der Waals surface area contributed by atoms with Crippen LogP contribution < -0.4 is 4.90 Å². The van der Waals surface area contributed by atoms with Gasteiger partial charge in [0.25, 0.3) is 0 Å². The quantitative estimate of drug-likeness (QED) is 0.174. The minimum Gasteiger partial charge on any atom is -0.310 e. The van der Waals surface area contributed by atoms with E-state index in [0.717, 1.165) is 83.1 Å². The first-order valence-electron chi connectivity index (χ1n) is 17.2. The molecule has 4 heteroatoms. The van der Waals surface area contributed by atoms with Crippen LogP contribution in [0.25, 0.3) is 76.8 Å². The van der Waals surface area contributed by atoms with Crippen molar-refractivity contribution < 1.29 is 0 Å². The van der Waals surface area contributed by atoms with Crippen molar-refractivity contribution in [1.29, 1.82) is 0 Å². The van der Waals surface area contributed by atoms with Gasteiger partial charge in [0.05, 0.1) is 27.9 Å². The predicted octanol–water partition coefficient (Wildman–Crippen LogP) is 12.4. The first-order valence-corrected chi connectivity index (χ1v) is 17.2. The molecule has 0 aliphatic heterocycles. The fourth-order valence-electron chi connectivity index (χ4n) is 7.49. The molecule has 4 nitrogen and oxygen atoms in total. The molecular formula is C47H30N4. The Morgan fingerprint density at radius 2 is 1.06 bits per heavy atom. The molecule has 0 amide bonds. The number of aromatic nitrogens is 3. The molecule has 0 aliphatic carbocycles. The normalized spacial score (nSPS) is 11.5. The molecule has 0 unspecified atom stereocenters. The van der Waals surface area contributed by atoms with Gasteiger partial charge >= 0.3 is 0 Å². The third-order valence-electron chi connectivity index (χ3n) is 9.81. The van der Waals surface area contributed by atoms with Gasteiger partial charge in [0.1, 0.15) is 0 Å². The molecule has 0 atom stereocenters. The van der Waals surface area contributed by atoms with Gasteiger partial charge in [0.2, 0.25) is 0 Å². The zero-order valence-corrected chi connectivity index (χ0v) is 27.6. The number of pyridine rings is 3. The van der Waals surface area contributed by atoms with Crippen molar-refractivity contribution in [2.45, 2.75) is 0 Å². The molecule has 10 aromatic rings. The highest BCUT2D eigenvalue weighted by Gasteiger charge is 2.21. The summed E-state index contributed by atoms with van der Waals surface area (Å²) in [6.45, 7) is 0. The van der Waals surface area contributed by atoms with E-state index >= 15 is 0 Å². The second kappa shape index (κ2) is 11.9. The largest absolute Gasteiger partial charge is 0.310 e. The Balaban J connectivity index is 1.31. The number of hydrogen-bond acceptors (Lipinski definition) is 4. The molecule has 0 bridgehead atoms. The van der Waals surface area contributed by atoms with Crippen molar-refractivity contribution in [2.75, 3.05) is 4.90 Å². The number of para-hydroxylation sites is 2. The van der Waals surface area contributed by atoms with E-state index in [2.05, 4.69) is 175 Å². The van der Waals surface area contributed by atoms with Crippen LogP contribution in [0.4, 0.5) is 17.1 Å². The van der Waals surface area contributed by atoms with Gasteiger partial charge in [-0.15, -0.1) is 0 Å². The summed E-state index contributed by atoms with van der Waals surface area (Å²) < 4.78 is 0. The van der Waals surface area contributed by atoms with Gasteiger partial charge in [-0.25, -0.2) is 9.97 Å². The summed E-state index contributed by atoms with van der Waals surface area (Å²) in [5.74, 6) is 0. The van der Waals surface area contributed by atoms with Crippen molar-refractivity contribution in [3.8, 4) is 22.5 Å². The lowest BCUT2D eigenvalue weighted by Crippen LogP contribution is -2.09. The maximum atomic E-state index is 5.54. The first kappa shape index (κ1) is 29.0. The second-order valence-corrected chi connectivity index (χ2v) is 12.8. The van der Waals surface area contributed by atoms with Crippen molar-refractivity contribution in [3.05, 3.63) is 182 Å². The number of nitrogens with zero attached hydrogens (tertiary/aromatic N) is 4. The summed E-state index contributed by atoms with van der Waals surface area (Å²) in [4.78, 5) is 17.9. The van der Waals surface area contributed by atoms with Crippen LogP contribution >= 0.6 is 0 Å². The maximum absolute atomic E-state index is 5.54. The molecule has 7 aromatic carbocycles. The standard InChI is InChI=1S/C47H30N4/c1-4-13-31(14-5-1)45-44-40(41-27-24-33-23-22-32-16-12-28-48-46(32)47(33)49-41)29-34-15-10-11-21-38(34)43(44)39-26-25-37(30-42(39)50-45)51(35-17-6-2-7-18-35)36-19-8-3-9-20-36/h1-30H. The lowest BCUT2D eigenvalue weighted by Gasteiger charge is -2.26.